The van der Waals surface area contributed by atoms with Gasteiger partial charge in [-0.1, -0.05) is 36.4 Å². The van der Waals surface area contributed by atoms with Gasteiger partial charge in [0.2, 0.25) is 0 Å². The highest BCUT2D eigenvalue weighted by Gasteiger charge is 2.47. The summed E-state index contributed by atoms with van der Waals surface area (Å²) >= 11 is 3.61. The van der Waals surface area contributed by atoms with Crippen LogP contribution in [0.2, 0.25) is 0 Å². The van der Waals surface area contributed by atoms with Crippen LogP contribution in [-0.4, -0.2) is 32.6 Å². The zero-order chi connectivity index (χ0) is 22.2. The van der Waals surface area contributed by atoms with Gasteiger partial charge < -0.3 is 19.5 Å². The first-order valence-corrected chi connectivity index (χ1v) is 10.7. The largest absolute Gasteiger partial charge is 0.493 e. The molecule has 1 aromatic rings. The van der Waals surface area contributed by atoms with Gasteiger partial charge in [-0.05, 0) is 36.5 Å². The number of rotatable bonds is 5. The predicted molar refractivity (Wildman–Crippen MR) is 117 cm³/mol. The fraction of sp³-hybridized carbons (Fsp3) is 0.478. The molecule has 1 N–H and O–H groups in total. The molecule has 1 heterocycles. The molecule has 6 nitrogen and oxygen atoms in total. The highest BCUT2D eigenvalue weighted by atomic mass is 79.9. The van der Waals surface area contributed by atoms with E-state index < -0.39 is 17.8 Å². The second kappa shape index (κ2) is 8.46. The number of nitrogens with one attached hydrogen (secondary N) is 1. The number of benzene rings is 1. The third-order valence-corrected chi connectivity index (χ3v) is 6.32. The number of halogens is 1. The molecule has 2 atom stereocenters. The summed E-state index contributed by atoms with van der Waals surface area (Å²) in [6.45, 7) is 10.3. The van der Waals surface area contributed by atoms with Crippen molar-refractivity contribution in [3.63, 3.8) is 0 Å². The molecule has 7 heteroatoms. The summed E-state index contributed by atoms with van der Waals surface area (Å²) in [6, 6.07) is 3.61. The van der Waals surface area contributed by atoms with Crippen LogP contribution in [-0.2, 0) is 14.3 Å². The minimum atomic E-state index is -0.733. The highest BCUT2D eigenvalue weighted by molar-refractivity contribution is 9.10. The first-order valence-electron chi connectivity index (χ1n) is 9.93. The predicted octanol–water partition coefficient (Wildman–Crippen LogP) is 4.49. The maximum atomic E-state index is 13.3. The van der Waals surface area contributed by atoms with Crippen molar-refractivity contribution in [2.24, 2.45) is 11.3 Å². The van der Waals surface area contributed by atoms with Crippen LogP contribution < -0.4 is 14.8 Å². The molecule has 1 aliphatic carbocycles. The summed E-state index contributed by atoms with van der Waals surface area (Å²) in [4.78, 5) is 26.3. The monoisotopic (exact) mass is 477 g/mol. The lowest BCUT2D eigenvalue weighted by atomic mass is 9.66. The molecule has 2 unspecified atom stereocenters. The quantitative estimate of drug-likeness (QED) is 0.629. The molecule has 1 aliphatic heterocycles. The number of carbonyl (C=O) groups is 2. The molecule has 2 aliphatic rings. The number of Topliss-reactive ketones (excluding diaryl/α,β-unsaturated/α-hetero) is 1. The molecule has 0 amide bonds. The maximum absolute atomic E-state index is 13.3. The molecule has 162 valence electrons. The van der Waals surface area contributed by atoms with E-state index in [9.17, 15) is 9.59 Å². The number of allylic oxidation sites excluding steroid dienone is 2. The Morgan fingerprint density at radius 2 is 1.87 bits per heavy atom. The summed E-state index contributed by atoms with van der Waals surface area (Å²) in [7, 11) is 3.11. The van der Waals surface area contributed by atoms with Crippen molar-refractivity contribution in [3.8, 4) is 11.5 Å². The number of carbonyl (C=O) groups excluding carboxylic acids is 2. The number of hydrogen-bond acceptors (Lipinski definition) is 6. The van der Waals surface area contributed by atoms with Crippen LogP contribution in [0, 0.1) is 11.3 Å². The summed E-state index contributed by atoms with van der Waals surface area (Å²) in [6.07, 6.45) is 1.11. The molecule has 30 heavy (non-hydrogen) atoms. The van der Waals surface area contributed by atoms with E-state index in [4.69, 9.17) is 14.2 Å². The van der Waals surface area contributed by atoms with Crippen molar-refractivity contribution in [1.29, 1.82) is 0 Å². The molecule has 1 aromatic carbocycles. The number of esters is 1. The Kier molecular flexibility index (Phi) is 6.32. The lowest BCUT2D eigenvalue weighted by Crippen LogP contribution is -2.43. The Bertz CT molecular complexity index is 934. The Morgan fingerprint density at radius 3 is 2.47 bits per heavy atom. The number of methoxy groups -OCH3 is 2. The molecule has 0 bridgehead atoms. The van der Waals surface area contributed by atoms with Crippen LogP contribution in [0.1, 0.15) is 45.1 Å². The van der Waals surface area contributed by atoms with Crippen molar-refractivity contribution in [1.82, 2.24) is 5.32 Å². The molecule has 0 saturated carbocycles. The topological polar surface area (TPSA) is 73.9 Å². The minimum absolute atomic E-state index is 0.0298. The summed E-state index contributed by atoms with van der Waals surface area (Å²) < 4.78 is 17.0. The average Bonchev–Trinajstić information content (AvgIpc) is 2.65. The van der Waals surface area contributed by atoms with E-state index in [1.165, 1.54) is 0 Å². The van der Waals surface area contributed by atoms with E-state index in [2.05, 4.69) is 41.7 Å². The zero-order valence-electron chi connectivity index (χ0n) is 18.1. The fourth-order valence-corrected chi connectivity index (χ4v) is 4.97. The SMILES string of the molecule is C=C1NC2=C(C(=O)CC(C)(C)C2)C(c2cc(OC)c(OC)cc2Br)C1C(=O)OCC. The van der Waals surface area contributed by atoms with Crippen molar-refractivity contribution >= 4 is 27.7 Å². The van der Waals surface area contributed by atoms with Gasteiger partial charge in [-0.15, -0.1) is 0 Å². The molecular formula is C23H28BrNO5. The van der Waals surface area contributed by atoms with Gasteiger partial charge in [-0.25, -0.2) is 0 Å². The molecule has 0 radical (unpaired) electrons. The molecule has 0 spiro atoms. The van der Waals surface area contributed by atoms with Crippen LogP contribution in [0.3, 0.4) is 0 Å². The van der Waals surface area contributed by atoms with E-state index in [1.807, 2.05) is 6.07 Å². The maximum Gasteiger partial charge on any atom is 0.315 e. The van der Waals surface area contributed by atoms with E-state index in [0.29, 0.717) is 35.6 Å². The standard InChI is InChI=1S/C23H28BrNO5/c1-7-30-22(27)19-12(2)25-15-10-23(3,4)11-16(26)21(15)20(19)13-8-17(28-5)18(29-6)9-14(13)24/h8-9,19-20,25H,2,7,10-11H2,1,3-6H3. The first kappa shape index (κ1) is 22.4. The van der Waals surface area contributed by atoms with E-state index in [1.54, 1.807) is 27.2 Å². The Morgan fingerprint density at radius 1 is 1.23 bits per heavy atom. The summed E-state index contributed by atoms with van der Waals surface area (Å²) in [5.41, 5.74) is 2.57. The van der Waals surface area contributed by atoms with Gasteiger partial charge in [-0.3, -0.25) is 9.59 Å². The zero-order valence-corrected chi connectivity index (χ0v) is 19.6. The smallest absolute Gasteiger partial charge is 0.315 e. The van der Waals surface area contributed by atoms with E-state index >= 15 is 0 Å². The Hall–Kier alpha value is -2.28. The third kappa shape index (κ3) is 4.00. The van der Waals surface area contributed by atoms with Gasteiger partial charge in [0.15, 0.2) is 17.3 Å². The summed E-state index contributed by atoms with van der Waals surface area (Å²) in [5, 5.41) is 3.26. The minimum Gasteiger partial charge on any atom is -0.493 e. The van der Waals surface area contributed by atoms with Crippen molar-refractivity contribution < 1.29 is 23.8 Å². The van der Waals surface area contributed by atoms with Crippen molar-refractivity contribution in [2.75, 3.05) is 20.8 Å². The Balaban J connectivity index is 2.25. The second-order valence-corrected chi connectivity index (χ2v) is 9.27. The number of ether oxygens (including phenoxy) is 3. The summed E-state index contributed by atoms with van der Waals surface area (Å²) in [5.74, 6) is -0.575. The van der Waals surface area contributed by atoms with E-state index in [-0.39, 0.29) is 17.8 Å². The van der Waals surface area contributed by atoms with Gasteiger partial charge in [0.25, 0.3) is 0 Å². The van der Waals surface area contributed by atoms with Gasteiger partial charge in [0.05, 0.1) is 20.8 Å². The molecule has 0 aromatic heterocycles. The van der Waals surface area contributed by atoms with E-state index in [0.717, 1.165) is 15.7 Å². The molecule has 3 rings (SSSR count). The van der Waals surface area contributed by atoms with Crippen molar-refractivity contribution in [2.45, 2.75) is 39.5 Å². The Labute approximate surface area is 185 Å². The van der Waals surface area contributed by atoms with Gasteiger partial charge in [-0.2, -0.15) is 0 Å². The first-order chi connectivity index (χ1) is 14.1. The van der Waals surface area contributed by atoms with Gasteiger partial charge >= 0.3 is 5.97 Å². The normalized spacial score (nSPS) is 22.9. The third-order valence-electron chi connectivity index (χ3n) is 5.63. The molecular weight excluding hydrogens is 450 g/mol. The van der Waals surface area contributed by atoms with Crippen LogP contribution in [0.4, 0.5) is 0 Å². The van der Waals surface area contributed by atoms with Gasteiger partial charge in [0, 0.05) is 33.8 Å². The lowest BCUT2D eigenvalue weighted by molar-refractivity contribution is -0.147. The van der Waals surface area contributed by atoms with Crippen LogP contribution >= 0.6 is 15.9 Å². The number of ketones is 1. The van der Waals surface area contributed by atoms with Crippen LogP contribution in [0.15, 0.2) is 40.2 Å². The van der Waals surface area contributed by atoms with Crippen LogP contribution in [0.25, 0.3) is 0 Å². The lowest BCUT2D eigenvalue weighted by Gasteiger charge is -2.42. The highest BCUT2D eigenvalue weighted by Crippen LogP contribution is 2.50. The fourth-order valence-electron chi connectivity index (χ4n) is 4.40. The number of hydrogen-bond donors (Lipinski definition) is 1. The molecule has 0 saturated heterocycles. The van der Waals surface area contributed by atoms with Gasteiger partial charge in [0.1, 0.15) is 5.92 Å². The average molecular weight is 478 g/mol. The molecule has 0 fully saturated rings. The van der Waals surface area contributed by atoms with Crippen molar-refractivity contribution in [3.05, 3.63) is 45.7 Å². The van der Waals surface area contributed by atoms with Crippen LogP contribution in [0.5, 0.6) is 11.5 Å². The second-order valence-electron chi connectivity index (χ2n) is 8.42.